The molecule has 0 aliphatic carbocycles. The summed E-state index contributed by atoms with van der Waals surface area (Å²) in [6.45, 7) is 5.06. The van der Waals surface area contributed by atoms with Gasteiger partial charge in [0, 0.05) is 29.8 Å². The average Bonchev–Trinajstić information content (AvgIpc) is 2.28. The third-order valence-corrected chi connectivity index (χ3v) is 3.51. The van der Waals surface area contributed by atoms with Crippen molar-refractivity contribution in [2.24, 2.45) is 5.73 Å². The summed E-state index contributed by atoms with van der Waals surface area (Å²) in [4.78, 5) is 2.32. The molecule has 1 aromatic carbocycles. The van der Waals surface area contributed by atoms with Crippen LogP contribution in [0, 0.1) is 0 Å². The van der Waals surface area contributed by atoms with Gasteiger partial charge in [-0.15, -0.1) is 0 Å². The van der Waals surface area contributed by atoms with Crippen molar-refractivity contribution in [2.45, 2.75) is 39.3 Å². The van der Waals surface area contributed by atoms with E-state index in [4.69, 9.17) is 5.73 Å². The second-order valence-electron chi connectivity index (χ2n) is 4.23. The van der Waals surface area contributed by atoms with E-state index in [0.717, 1.165) is 4.47 Å². The molecule has 2 N–H and O–H groups in total. The van der Waals surface area contributed by atoms with Gasteiger partial charge in [0.05, 0.1) is 0 Å². The summed E-state index contributed by atoms with van der Waals surface area (Å²) < 4.78 is 1.11. The molecule has 1 unspecified atom stereocenters. The van der Waals surface area contributed by atoms with Gasteiger partial charge in [-0.1, -0.05) is 35.3 Å². The second-order valence-corrected chi connectivity index (χ2v) is 5.14. The predicted octanol–water partition coefficient (Wildman–Crippen LogP) is 3.53. The number of hydrogen-bond donors (Lipinski definition) is 1. The van der Waals surface area contributed by atoms with Crippen molar-refractivity contribution in [1.82, 2.24) is 0 Å². The van der Waals surface area contributed by atoms with Crippen LogP contribution in [-0.4, -0.2) is 13.1 Å². The molecule has 0 saturated carbocycles. The van der Waals surface area contributed by atoms with E-state index >= 15 is 0 Å². The van der Waals surface area contributed by atoms with Crippen LogP contribution in [0.3, 0.4) is 0 Å². The van der Waals surface area contributed by atoms with Gasteiger partial charge in [0.25, 0.3) is 0 Å². The van der Waals surface area contributed by atoms with E-state index in [1.54, 1.807) is 0 Å². The van der Waals surface area contributed by atoms with Crippen LogP contribution in [0.1, 0.15) is 32.3 Å². The number of benzene rings is 1. The van der Waals surface area contributed by atoms with E-state index < -0.39 is 0 Å². The minimum absolute atomic E-state index is 0.546. The molecule has 0 aromatic heterocycles. The molecule has 0 heterocycles. The Labute approximate surface area is 107 Å². The highest BCUT2D eigenvalue weighted by Gasteiger charge is 2.12. The Morgan fingerprint density at radius 3 is 2.69 bits per heavy atom. The summed E-state index contributed by atoms with van der Waals surface area (Å²) in [5, 5.41) is 0. The molecular weight excluding hydrogens is 264 g/mol. The minimum atomic E-state index is 0.546. The fraction of sp³-hybridized carbons (Fsp3) is 0.538. The Morgan fingerprint density at radius 1 is 1.44 bits per heavy atom. The van der Waals surface area contributed by atoms with E-state index in [0.29, 0.717) is 12.6 Å². The van der Waals surface area contributed by atoms with Crippen molar-refractivity contribution in [2.75, 3.05) is 11.9 Å². The molecule has 16 heavy (non-hydrogen) atoms. The summed E-state index contributed by atoms with van der Waals surface area (Å²) >= 11 is 3.51. The largest absolute Gasteiger partial charge is 0.372 e. The predicted molar refractivity (Wildman–Crippen MR) is 74.8 cm³/mol. The summed E-state index contributed by atoms with van der Waals surface area (Å²) in [6.07, 6.45) is 2.41. The first-order valence-electron chi connectivity index (χ1n) is 5.81. The smallest absolute Gasteiger partial charge is 0.0422 e. The van der Waals surface area contributed by atoms with Crippen molar-refractivity contribution >= 4 is 21.6 Å². The quantitative estimate of drug-likeness (QED) is 0.896. The fourth-order valence-corrected chi connectivity index (χ4v) is 2.24. The molecule has 0 fully saturated rings. The highest BCUT2D eigenvalue weighted by molar-refractivity contribution is 9.10. The highest BCUT2D eigenvalue weighted by Crippen LogP contribution is 2.26. The Kier molecular flexibility index (Phi) is 5.29. The van der Waals surface area contributed by atoms with Gasteiger partial charge < -0.3 is 10.6 Å². The van der Waals surface area contributed by atoms with Gasteiger partial charge in [-0.05, 0) is 31.0 Å². The molecule has 1 atom stereocenters. The lowest BCUT2D eigenvalue weighted by Gasteiger charge is -2.29. The lowest BCUT2D eigenvalue weighted by atomic mass is 10.1. The van der Waals surface area contributed by atoms with E-state index in [9.17, 15) is 0 Å². The molecule has 1 aromatic rings. The second kappa shape index (κ2) is 6.26. The fourth-order valence-electron chi connectivity index (χ4n) is 1.89. The molecule has 0 radical (unpaired) electrons. The third-order valence-electron chi connectivity index (χ3n) is 3.01. The first kappa shape index (κ1) is 13.5. The number of rotatable bonds is 5. The van der Waals surface area contributed by atoms with Crippen LogP contribution in [0.4, 0.5) is 5.69 Å². The van der Waals surface area contributed by atoms with Crippen LogP contribution < -0.4 is 10.6 Å². The van der Waals surface area contributed by atoms with Crippen LogP contribution in [0.25, 0.3) is 0 Å². The van der Waals surface area contributed by atoms with Gasteiger partial charge in [-0.3, -0.25) is 0 Å². The summed E-state index contributed by atoms with van der Waals surface area (Å²) in [5.74, 6) is 0. The molecule has 90 valence electrons. The van der Waals surface area contributed by atoms with Crippen molar-refractivity contribution in [3.63, 3.8) is 0 Å². The van der Waals surface area contributed by atoms with E-state index in [1.165, 1.54) is 24.1 Å². The third kappa shape index (κ3) is 3.22. The number of nitrogens with two attached hydrogens (primary N) is 1. The Bertz CT molecular complexity index is 339. The first-order chi connectivity index (χ1) is 7.60. The standard InChI is InChI=1S/C13H21BrN2/c1-4-5-10(2)16(3)13-8-12(14)7-6-11(13)9-15/h6-8,10H,4-5,9,15H2,1-3H3. The molecule has 0 spiro atoms. The zero-order valence-electron chi connectivity index (χ0n) is 10.3. The normalized spacial score (nSPS) is 12.6. The van der Waals surface area contributed by atoms with Crippen molar-refractivity contribution in [3.05, 3.63) is 28.2 Å². The van der Waals surface area contributed by atoms with Gasteiger partial charge in [-0.2, -0.15) is 0 Å². The Morgan fingerprint density at radius 2 is 2.12 bits per heavy atom. The van der Waals surface area contributed by atoms with Crippen LogP contribution in [0.2, 0.25) is 0 Å². The summed E-state index contributed by atoms with van der Waals surface area (Å²) in [6, 6.07) is 6.83. The molecule has 0 aliphatic heterocycles. The van der Waals surface area contributed by atoms with Crippen LogP contribution in [0.5, 0.6) is 0 Å². The van der Waals surface area contributed by atoms with Crippen LogP contribution in [-0.2, 0) is 6.54 Å². The van der Waals surface area contributed by atoms with Gasteiger partial charge >= 0.3 is 0 Å². The first-order valence-corrected chi connectivity index (χ1v) is 6.60. The van der Waals surface area contributed by atoms with Gasteiger partial charge in [0.1, 0.15) is 0 Å². The van der Waals surface area contributed by atoms with E-state index in [-0.39, 0.29) is 0 Å². The molecule has 0 saturated heterocycles. The van der Waals surface area contributed by atoms with Gasteiger partial charge in [0.2, 0.25) is 0 Å². The molecule has 3 heteroatoms. The van der Waals surface area contributed by atoms with Crippen molar-refractivity contribution in [3.8, 4) is 0 Å². The SMILES string of the molecule is CCCC(C)N(C)c1cc(Br)ccc1CN. The minimum Gasteiger partial charge on any atom is -0.372 e. The molecule has 0 aliphatic rings. The maximum Gasteiger partial charge on any atom is 0.0422 e. The van der Waals surface area contributed by atoms with E-state index in [1.807, 2.05) is 6.07 Å². The Hall–Kier alpha value is -0.540. The van der Waals surface area contributed by atoms with Crippen molar-refractivity contribution < 1.29 is 0 Å². The maximum absolute atomic E-state index is 5.77. The molecule has 2 nitrogen and oxygen atoms in total. The zero-order valence-corrected chi connectivity index (χ0v) is 11.9. The molecular formula is C13H21BrN2. The van der Waals surface area contributed by atoms with Gasteiger partial charge in [-0.25, -0.2) is 0 Å². The number of nitrogens with zero attached hydrogens (tertiary/aromatic N) is 1. The summed E-state index contributed by atoms with van der Waals surface area (Å²) in [5.41, 5.74) is 8.21. The lowest BCUT2D eigenvalue weighted by molar-refractivity contribution is 0.614. The number of hydrogen-bond acceptors (Lipinski definition) is 2. The van der Waals surface area contributed by atoms with E-state index in [2.05, 4.69) is 53.9 Å². The molecule has 0 bridgehead atoms. The highest BCUT2D eigenvalue weighted by atomic mass is 79.9. The zero-order chi connectivity index (χ0) is 12.1. The van der Waals surface area contributed by atoms with Crippen LogP contribution >= 0.6 is 15.9 Å². The van der Waals surface area contributed by atoms with Crippen molar-refractivity contribution in [1.29, 1.82) is 0 Å². The summed E-state index contributed by atoms with van der Waals surface area (Å²) in [7, 11) is 2.14. The van der Waals surface area contributed by atoms with Crippen LogP contribution in [0.15, 0.2) is 22.7 Å². The number of anilines is 1. The number of halogens is 1. The maximum atomic E-state index is 5.77. The molecule has 0 amide bonds. The lowest BCUT2D eigenvalue weighted by Crippen LogP contribution is -2.29. The molecule has 1 rings (SSSR count). The van der Waals surface area contributed by atoms with Gasteiger partial charge in [0.15, 0.2) is 0 Å². The monoisotopic (exact) mass is 284 g/mol. The Balaban J connectivity index is 2.96. The topological polar surface area (TPSA) is 29.3 Å². The average molecular weight is 285 g/mol.